The zero-order valence-corrected chi connectivity index (χ0v) is 5.28. The molecule has 0 spiro atoms. The van der Waals surface area contributed by atoms with Crippen LogP contribution in [0.2, 0.25) is 0 Å². The first-order chi connectivity index (χ1) is 4.88. The zero-order chi connectivity index (χ0) is 6.97. The van der Waals surface area contributed by atoms with Gasteiger partial charge in [0.15, 0.2) is 0 Å². The van der Waals surface area contributed by atoms with Gasteiger partial charge in [-0.2, -0.15) is 0 Å². The van der Waals surface area contributed by atoms with E-state index in [9.17, 15) is 5.11 Å². The van der Waals surface area contributed by atoms with Crippen molar-refractivity contribution in [1.29, 1.82) is 0 Å². The molecular formula is C7H6N2O. The van der Waals surface area contributed by atoms with Crippen LogP contribution < -0.4 is 10.7 Å². The third-order valence-corrected chi connectivity index (χ3v) is 1.46. The van der Waals surface area contributed by atoms with Crippen LogP contribution in [-0.4, -0.2) is 11.8 Å². The van der Waals surface area contributed by atoms with Gasteiger partial charge in [-0.05, 0) is 12.1 Å². The van der Waals surface area contributed by atoms with E-state index in [2.05, 4.69) is 9.98 Å². The quantitative estimate of drug-likeness (QED) is 0.515. The van der Waals surface area contributed by atoms with E-state index in [1.54, 1.807) is 12.1 Å². The van der Waals surface area contributed by atoms with Gasteiger partial charge < -0.3 is 5.11 Å². The molecule has 2 rings (SSSR count). The Kier molecular flexibility index (Phi) is 0.974. The van der Waals surface area contributed by atoms with E-state index in [-0.39, 0.29) is 5.75 Å². The Morgan fingerprint density at radius 2 is 2.20 bits per heavy atom. The third-order valence-electron chi connectivity index (χ3n) is 1.46. The molecule has 10 heavy (non-hydrogen) atoms. The van der Waals surface area contributed by atoms with E-state index >= 15 is 0 Å². The van der Waals surface area contributed by atoms with Crippen LogP contribution in [0.4, 0.5) is 0 Å². The van der Waals surface area contributed by atoms with Crippen LogP contribution in [0.15, 0.2) is 28.2 Å². The van der Waals surface area contributed by atoms with Crippen molar-refractivity contribution in [2.75, 3.05) is 6.67 Å². The molecule has 0 amide bonds. The molecule has 0 saturated heterocycles. The maximum atomic E-state index is 9.18. The first kappa shape index (κ1) is 5.41. The van der Waals surface area contributed by atoms with Crippen LogP contribution in [0.25, 0.3) is 0 Å². The topological polar surface area (TPSA) is 45.0 Å². The van der Waals surface area contributed by atoms with Crippen molar-refractivity contribution in [2.45, 2.75) is 0 Å². The number of hydrogen-bond donors (Lipinski definition) is 1. The second-order valence-corrected chi connectivity index (χ2v) is 2.10. The second kappa shape index (κ2) is 1.80. The average molecular weight is 134 g/mol. The number of phenols is 1. The molecule has 0 aromatic heterocycles. The molecule has 0 unspecified atom stereocenters. The van der Waals surface area contributed by atoms with Crippen molar-refractivity contribution in [3.8, 4) is 5.75 Å². The van der Waals surface area contributed by atoms with Gasteiger partial charge in [-0.15, -0.1) is 0 Å². The first-order valence-corrected chi connectivity index (χ1v) is 3.05. The molecule has 0 fully saturated rings. The van der Waals surface area contributed by atoms with E-state index in [0.29, 0.717) is 12.0 Å². The number of rotatable bonds is 0. The number of fused-ring (bicyclic) bond motifs is 1. The summed E-state index contributed by atoms with van der Waals surface area (Å²) in [7, 11) is 0. The summed E-state index contributed by atoms with van der Waals surface area (Å²) in [5.41, 5.74) is 0. The molecule has 1 heterocycles. The van der Waals surface area contributed by atoms with Crippen LogP contribution in [0, 0.1) is 0 Å². The SMILES string of the molecule is Oc1cccc2c1=NCN=2. The second-order valence-electron chi connectivity index (χ2n) is 2.10. The number of nitrogens with zero attached hydrogens (tertiary/aromatic N) is 2. The fourth-order valence-electron chi connectivity index (χ4n) is 0.991. The summed E-state index contributed by atoms with van der Waals surface area (Å²) in [4.78, 5) is 8.02. The van der Waals surface area contributed by atoms with Gasteiger partial charge >= 0.3 is 0 Å². The molecule has 3 heteroatoms. The van der Waals surface area contributed by atoms with Gasteiger partial charge in [0.25, 0.3) is 0 Å². The lowest BCUT2D eigenvalue weighted by molar-refractivity contribution is 0.467. The standard InChI is InChI=1S/C7H6N2O/c10-6-3-1-2-5-7(6)9-4-8-5/h1-3,10H,4H2. The molecule has 3 nitrogen and oxygen atoms in total. The van der Waals surface area contributed by atoms with E-state index in [4.69, 9.17) is 0 Å². The zero-order valence-electron chi connectivity index (χ0n) is 5.28. The fraction of sp³-hybridized carbons (Fsp3) is 0.143. The Hall–Kier alpha value is -1.38. The Balaban J connectivity index is 2.97. The summed E-state index contributed by atoms with van der Waals surface area (Å²) >= 11 is 0. The van der Waals surface area contributed by atoms with E-state index < -0.39 is 0 Å². The van der Waals surface area contributed by atoms with Crippen LogP contribution in [0.3, 0.4) is 0 Å². The summed E-state index contributed by atoms with van der Waals surface area (Å²) in [5.74, 6) is 0.221. The minimum Gasteiger partial charge on any atom is -0.506 e. The lowest BCUT2D eigenvalue weighted by Gasteiger charge is -1.86. The Bertz CT molecular complexity index is 370. The van der Waals surface area contributed by atoms with Crippen LogP contribution in [0.5, 0.6) is 5.75 Å². The number of aromatic hydroxyl groups is 1. The monoisotopic (exact) mass is 134 g/mol. The highest BCUT2D eigenvalue weighted by Crippen LogP contribution is 1.95. The molecule has 1 N–H and O–H groups in total. The lowest BCUT2D eigenvalue weighted by atomic mass is 10.3. The molecule has 0 aliphatic carbocycles. The summed E-state index contributed by atoms with van der Waals surface area (Å²) in [6, 6.07) is 5.22. The summed E-state index contributed by atoms with van der Waals surface area (Å²) in [6.07, 6.45) is 0. The van der Waals surface area contributed by atoms with Crippen molar-refractivity contribution in [3.63, 3.8) is 0 Å². The summed E-state index contributed by atoms with van der Waals surface area (Å²) in [5, 5.41) is 10.6. The van der Waals surface area contributed by atoms with Gasteiger partial charge in [0, 0.05) is 0 Å². The lowest BCUT2D eigenvalue weighted by Crippen LogP contribution is -2.20. The predicted molar refractivity (Wildman–Crippen MR) is 35.3 cm³/mol. The maximum Gasteiger partial charge on any atom is 0.143 e. The Morgan fingerprint density at radius 3 is 3.00 bits per heavy atom. The van der Waals surface area contributed by atoms with Crippen LogP contribution in [0.1, 0.15) is 0 Å². The van der Waals surface area contributed by atoms with Gasteiger partial charge in [0.1, 0.15) is 17.8 Å². The normalized spacial score (nSPS) is 13.6. The first-order valence-electron chi connectivity index (χ1n) is 3.05. The van der Waals surface area contributed by atoms with Gasteiger partial charge in [-0.25, -0.2) is 0 Å². The highest BCUT2D eigenvalue weighted by molar-refractivity contribution is 5.19. The molecule has 1 aliphatic heterocycles. The molecule has 0 radical (unpaired) electrons. The number of para-hydroxylation sites is 1. The Morgan fingerprint density at radius 1 is 1.30 bits per heavy atom. The molecular weight excluding hydrogens is 128 g/mol. The minimum absolute atomic E-state index is 0.221. The summed E-state index contributed by atoms with van der Waals surface area (Å²) in [6.45, 7) is 0.451. The van der Waals surface area contributed by atoms with E-state index in [1.807, 2.05) is 6.07 Å². The predicted octanol–water partition coefficient (Wildman–Crippen LogP) is -0.397. The van der Waals surface area contributed by atoms with Crippen molar-refractivity contribution in [3.05, 3.63) is 28.9 Å². The number of phenolic OH excluding ortho intramolecular Hbond substituents is 1. The van der Waals surface area contributed by atoms with E-state index in [0.717, 1.165) is 5.36 Å². The minimum atomic E-state index is 0.221. The number of hydrogen-bond acceptors (Lipinski definition) is 3. The molecule has 1 aliphatic rings. The van der Waals surface area contributed by atoms with Crippen molar-refractivity contribution in [1.82, 2.24) is 0 Å². The van der Waals surface area contributed by atoms with Gasteiger partial charge in [-0.3, -0.25) is 9.98 Å². The fourth-order valence-corrected chi connectivity index (χ4v) is 0.991. The highest BCUT2D eigenvalue weighted by Gasteiger charge is 1.98. The van der Waals surface area contributed by atoms with E-state index in [1.165, 1.54) is 0 Å². The molecule has 0 bridgehead atoms. The summed E-state index contributed by atoms with van der Waals surface area (Å²) < 4.78 is 0. The highest BCUT2D eigenvalue weighted by atomic mass is 16.3. The van der Waals surface area contributed by atoms with Crippen LogP contribution >= 0.6 is 0 Å². The van der Waals surface area contributed by atoms with Gasteiger partial charge in [-0.1, -0.05) is 6.07 Å². The third kappa shape index (κ3) is 0.603. The molecule has 1 aromatic rings. The van der Waals surface area contributed by atoms with Gasteiger partial charge in [0.05, 0.1) is 5.36 Å². The molecule has 50 valence electrons. The molecule has 0 saturated carbocycles. The average Bonchev–Trinajstić information content (AvgIpc) is 2.36. The van der Waals surface area contributed by atoms with Crippen molar-refractivity contribution in [2.24, 2.45) is 9.98 Å². The molecule has 1 aromatic carbocycles. The van der Waals surface area contributed by atoms with Crippen molar-refractivity contribution >= 4 is 0 Å². The maximum absolute atomic E-state index is 9.18. The van der Waals surface area contributed by atoms with Crippen molar-refractivity contribution < 1.29 is 5.11 Å². The smallest absolute Gasteiger partial charge is 0.143 e. The Labute approximate surface area is 57.4 Å². The van der Waals surface area contributed by atoms with Crippen LogP contribution in [-0.2, 0) is 0 Å². The number of benzene rings is 1. The molecule has 0 atom stereocenters. The van der Waals surface area contributed by atoms with Gasteiger partial charge in [0.2, 0.25) is 0 Å². The largest absolute Gasteiger partial charge is 0.506 e.